The average molecular weight is 300 g/mol. The third-order valence-corrected chi connectivity index (χ3v) is 3.53. The third-order valence-electron chi connectivity index (χ3n) is 3.29. The molecule has 0 radical (unpaired) electrons. The maximum atomic E-state index is 9.90. The van der Waals surface area contributed by atoms with Crippen molar-refractivity contribution in [1.82, 2.24) is 15.3 Å². The standard InChI is InChI=1S/C14H22ClN3O2/c1-17-5-7-18(8-6-17)16-10-13(19)11-20-14-4-2-3-12(15)9-14/h2-4,9,13,16,19H,5-8,10-11H2,1H3. The monoisotopic (exact) mass is 299 g/mol. The summed E-state index contributed by atoms with van der Waals surface area (Å²) in [4.78, 5) is 2.29. The fourth-order valence-corrected chi connectivity index (χ4v) is 2.19. The van der Waals surface area contributed by atoms with Crippen molar-refractivity contribution >= 4 is 11.6 Å². The molecule has 1 aliphatic heterocycles. The van der Waals surface area contributed by atoms with E-state index in [4.69, 9.17) is 16.3 Å². The number of piperazine rings is 1. The first-order valence-corrected chi connectivity index (χ1v) is 7.25. The van der Waals surface area contributed by atoms with Gasteiger partial charge in [-0.25, -0.2) is 5.01 Å². The second kappa shape index (κ2) is 7.81. The van der Waals surface area contributed by atoms with E-state index in [0.717, 1.165) is 26.2 Å². The van der Waals surface area contributed by atoms with Gasteiger partial charge in [0.25, 0.3) is 0 Å². The Bertz CT molecular complexity index is 411. The molecular weight excluding hydrogens is 278 g/mol. The number of nitrogens with zero attached hydrogens (tertiary/aromatic N) is 2. The van der Waals surface area contributed by atoms with Crippen molar-refractivity contribution in [2.75, 3.05) is 46.4 Å². The molecule has 1 fully saturated rings. The summed E-state index contributed by atoms with van der Waals surface area (Å²) in [5, 5.41) is 12.7. The summed E-state index contributed by atoms with van der Waals surface area (Å²) in [6, 6.07) is 7.18. The van der Waals surface area contributed by atoms with E-state index in [1.165, 1.54) is 0 Å². The molecule has 1 aromatic carbocycles. The van der Waals surface area contributed by atoms with Gasteiger partial charge in [0.1, 0.15) is 18.5 Å². The maximum Gasteiger partial charge on any atom is 0.120 e. The Labute approximate surface area is 125 Å². The van der Waals surface area contributed by atoms with Crippen LogP contribution in [0.2, 0.25) is 5.02 Å². The van der Waals surface area contributed by atoms with Crippen LogP contribution in [0, 0.1) is 0 Å². The average Bonchev–Trinajstić information content (AvgIpc) is 2.45. The summed E-state index contributed by atoms with van der Waals surface area (Å²) in [7, 11) is 2.12. The van der Waals surface area contributed by atoms with Crippen LogP contribution in [0.15, 0.2) is 24.3 Å². The van der Waals surface area contributed by atoms with Gasteiger partial charge >= 0.3 is 0 Å². The number of hydrogen-bond donors (Lipinski definition) is 2. The summed E-state index contributed by atoms with van der Waals surface area (Å²) in [5.41, 5.74) is 3.24. The van der Waals surface area contributed by atoms with Crippen molar-refractivity contribution in [3.63, 3.8) is 0 Å². The second-order valence-electron chi connectivity index (χ2n) is 5.07. The molecular formula is C14H22ClN3O2. The molecule has 0 aliphatic carbocycles. The smallest absolute Gasteiger partial charge is 0.120 e. The minimum absolute atomic E-state index is 0.251. The summed E-state index contributed by atoms with van der Waals surface area (Å²) in [6.45, 7) is 4.77. The minimum atomic E-state index is -0.548. The lowest BCUT2D eigenvalue weighted by molar-refractivity contribution is 0.0549. The third kappa shape index (κ3) is 5.26. The summed E-state index contributed by atoms with van der Waals surface area (Å²) < 4.78 is 5.50. The summed E-state index contributed by atoms with van der Waals surface area (Å²) in [6.07, 6.45) is -0.548. The number of ether oxygens (including phenoxy) is 1. The Morgan fingerprint density at radius 3 is 2.80 bits per heavy atom. The van der Waals surface area contributed by atoms with Crippen LogP contribution in [0.25, 0.3) is 0 Å². The van der Waals surface area contributed by atoms with Crippen LogP contribution in [0.5, 0.6) is 5.75 Å². The van der Waals surface area contributed by atoms with Crippen LogP contribution in [0.1, 0.15) is 0 Å². The Hall–Kier alpha value is -0.850. The van der Waals surface area contributed by atoms with Crippen LogP contribution in [0.3, 0.4) is 0 Å². The quantitative estimate of drug-likeness (QED) is 0.815. The van der Waals surface area contributed by atoms with Gasteiger partial charge in [0.05, 0.1) is 0 Å². The van der Waals surface area contributed by atoms with Gasteiger partial charge in [-0.2, -0.15) is 0 Å². The molecule has 0 spiro atoms. The molecule has 0 saturated carbocycles. The molecule has 1 unspecified atom stereocenters. The summed E-state index contributed by atoms with van der Waals surface area (Å²) >= 11 is 5.87. The molecule has 2 rings (SSSR count). The molecule has 0 bridgehead atoms. The lowest BCUT2D eigenvalue weighted by Crippen LogP contribution is -2.52. The predicted molar refractivity (Wildman–Crippen MR) is 80.0 cm³/mol. The number of halogens is 1. The Kier molecular flexibility index (Phi) is 6.06. The number of benzene rings is 1. The van der Waals surface area contributed by atoms with Gasteiger partial charge in [0, 0.05) is 37.7 Å². The van der Waals surface area contributed by atoms with Crippen LogP contribution >= 0.6 is 11.6 Å². The van der Waals surface area contributed by atoms with Gasteiger partial charge in [-0.15, -0.1) is 0 Å². The Morgan fingerprint density at radius 2 is 2.10 bits per heavy atom. The van der Waals surface area contributed by atoms with Gasteiger partial charge in [0.2, 0.25) is 0 Å². The molecule has 6 heteroatoms. The highest BCUT2D eigenvalue weighted by Crippen LogP contribution is 2.17. The number of aliphatic hydroxyl groups excluding tert-OH is 1. The molecule has 1 aromatic rings. The van der Waals surface area contributed by atoms with E-state index < -0.39 is 6.10 Å². The molecule has 1 aliphatic rings. The molecule has 2 N–H and O–H groups in total. The minimum Gasteiger partial charge on any atom is -0.491 e. The molecule has 5 nitrogen and oxygen atoms in total. The number of likely N-dealkylation sites (N-methyl/N-ethyl adjacent to an activating group) is 1. The first-order chi connectivity index (χ1) is 9.63. The van der Waals surface area contributed by atoms with Gasteiger partial charge in [-0.05, 0) is 25.2 Å². The highest BCUT2D eigenvalue weighted by molar-refractivity contribution is 6.30. The number of hydrazine groups is 1. The van der Waals surface area contributed by atoms with Crippen molar-refractivity contribution in [2.24, 2.45) is 0 Å². The van der Waals surface area contributed by atoms with Crippen molar-refractivity contribution in [3.8, 4) is 5.75 Å². The van der Waals surface area contributed by atoms with E-state index in [2.05, 4.69) is 22.4 Å². The van der Waals surface area contributed by atoms with E-state index in [1.807, 2.05) is 12.1 Å². The lowest BCUT2D eigenvalue weighted by atomic mass is 10.3. The number of aliphatic hydroxyl groups is 1. The highest BCUT2D eigenvalue weighted by Gasteiger charge is 2.14. The predicted octanol–water partition coefficient (Wildman–Crippen LogP) is 0.832. The summed E-state index contributed by atoms with van der Waals surface area (Å²) in [5.74, 6) is 0.677. The van der Waals surface area contributed by atoms with E-state index in [1.54, 1.807) is 12.1 Å². The highest BCUT2D eigenvalue weighted by atomic mass is 35.5. The van der Waals surface area contributed by atoms with Crippen LogP contribution in [-0.4, -0.2) is 67.5 Å². The number of hydrogen-bond acceptors (Lipinski definition) is 5. The molecule has 0 aromatic heterocycles. The molecule has 112 valence electrons. The van der Waals surface area contributed by atoms with E-state index >= 15 is 0 Å². The van der Waals surface area contributed by atoms with Crippen molar-refractivity contribution in [1.29, 1.82) is 0 Å². The first kappa shape index (κ1) is 15.5. The molecule has 20 heavy (non-hydrogen) atoms. The Morgan fingerprint density at radius 1 is 1.35 bits per heavy atom. The lowest BCUT2D eigenvalue weighted by Gasteiger charge is -2.33. The normalized spacial score (nSPS) is 18.9. The molecule has 1 heterocycles. The number of rotatable bonds is 6. The number of nitrogens with one attached hydrogen (secondary N) is 1. The van der Waals surface area contributed by atoms with Crippen molar-refractivity contribution in [3.05, 3.63) is 29.3 Å². The first-order valence-electron chi connectivity index (χ1n) is 6.87. The second-order valence-corrected chi connectivity index (χ2v) is 5.51. The fourth-order valence-electron chi connectivity index (χ4n) is 2.01. The topological polar surface area (TPSA) is 48.0 Å². The zero-order valence-electron chi connectivity index (χ0n) is 11.8. The molecule has 0 amide bonds. The fraction of sp³-hybridized carbons (Fsp3) is 0.571. The van der Waals surface area contributed by atoms with Crippen molar-refractivity contribution < 1.29 is 9.84 Å². The Balaban J connectivity index is 1.64. The van der Waals surface area contributed by atoms with E-state index in [9.17, 15) is 5.11 Å². The van der Waals surface area contributed by atoms with Gasteiger partial charge in [-0.3, -0.25) is 5.43 Å². The zero-order valence-corrected chi connectivity index (χ0v) is 12.5. The van der Waals surface area contributed by atoms with Crippen LogP contribution in [-0.2, 0) is 0 Å². The van der Waals surface area contributed by atoms with Gasteiger partial charge in [-0.1, -0.05) is 17.7 Å². The van der Waals surface area contributed by atoms with Crippen molar-refractivity contribution in [2.45, 2.75) is 6.10 Å². The van der Waals surface area contributed by atoms with E-state index in [-0.39, 0.29) is 6.61 Å². The van der Waals surface area contributed by atoms with E-state index in [0.29, 0.717) is 17.3 Å². The SMILES string of the molecule is CN1CCN(NCC(O)COc2cccc(Cl)c2)CC1. The largest absolute Gasteiger partial charge is 0.491 e. The molecule has 1 atom stereocenters. The van der Waals surface area contributed by atoms with Crippen LogP contribution < -0.4 is 10.2 Å². The maximum absolute atomic E-state index is 9.90. The van der Waals surface area contributed by atoms with Gasteiger partial charge in [0.15, 0.2) is 0 Å². The van der Waals surface area contributed by atoms with Crippen LogP contribution in [0.4, 0.5) is 0 Å². The molecule has 1 saturated heterocycles. The van der Waals surface area contributed by atoms with Gasteiger partial charge < -0.3 is 14.7 Å². The zero-order chi connectivity index (χ0) is 14.4.